The average molecular weight is 431 g/mol. The van der Waals surface area contributed by atoms with Crippen molar-refractivity contribution in [1.29, 1.82) is 0 Å². The number of hydrogen-bond acceptors (Lipinski definition) is 6. The van der Waals surface area contributed by atoms with E-state index >= 15 is 0 Å². The number of nitrogens with zero attached hydrogens (tertiary/aromatic N) is 3. The van der Waals surface area contributed by atoms with E-state index in [1.54, 1.807) is 16.2 Å². The van der Waals surface area contributed by atoms with Gasteiger partial charge in [0.15, 0.2) is 0 Å². The molecule has 162 valence electrons. The van der Waals surface area contributed by atoms with Gasteiger partial charge < -0.3 is 15.0 Å². The van der Waals surface area contributed by atoms with Crippen LogP contribution in [0.1, 0.15) is 50.1 Å². The van der Waals surface area contributed by atoms with Crippen LogP contribution in [0.4, 0.5) is 4.79 Å². The van der Waals surface area contributed by atoms with E-state index in [2.05, 4.69) is 22.3 Å². The maximum Gasteiger partial charge on any atom is 0.409 e. The summed E-state index contributed by atoms with van der Waals surface area (Å²) >= 11 is 1.74. The summed E-state index contributed by atoms with van der Waals surface area (Å²) in [6.45, 7) is 4.78. The predicted octanol–water partition coefficient (Wildman–Crippen LogP) is 3.56. The van der Waals surface area contributed by atoms with E-state index in [9.17, 15) is 9.59 Å². The zero-order valence-corrected chi connectivity index (χ0v) is 18.3. The molecule has 1 atom stereocenters. The number of aromatic nitrogens is 1. The number of carbonyl (C=O) groups excluding carboxylic acids is 2. The van der Waals surface area contributed by atoms with Crippen LogP contribution in [0.3, 0.4) is 0 Å². The number of piperidine rings is 2. The number of para-hydroxylation sites is 1. The smallest absolute Gasteiger partial charge is 0.409 e. The summed E-state index contributed by atoms with van der Waals surface area (Å²) in [5.74, 6) is 0.0672. The fraction of sp³-hybridized carbons (Fsp3) is 0.591. The Hall–Kier alpha value is -2.19. The van der Waals surface area contributed by atoms with Gasteiger partial charge in [0.2, 0.25) is 5.91 Å². The molecule has 0 radical (unpaired) electrons. The monoisotopic (exact) mass is 430 g/mol. The lowest BCUT2D eigenvalue weighted by atomic mass is 10.0. The molecule has 2 aliphatic heterocycles. The van der Waals surface area contributed by atoms with Gasteiger partial charge >= 0.3 is 6.09 Å². The number of thiazole rings is 1. The predicted molar refractivity (Wildman–Crippen MR) is 118 cm³/mol. The van der Waals surface area contributed by atoms with Gasteiger partial charge in [-0.2, -0.15) is 0 Å². The first-order valence-electron chi connectivity index (χ1n) is 10.9. The Kier molecular flexibility index (Phi) is 6.84. The Labute approximate surface area is 181 Å². The van der Waals surface area contributed by atoms with Crippen molar-refractivity contribution in [3.05, 3.63) is 29.3 Å². The summed E-state index contributed by atoms with van der Waals surface area (Å²) in [6.07, 6.45) is 4.62. The lowest BCUT2D eigenvalue weighted by molar-refractivity contribution is -0.124. The molecule has 30 heavy (non-hydrogen) atoms. The van der Waals surface area contributed by atoms with E-state index < -0.39 is 0 Å². The molecule has 0 spiro atoms. The normalized spacial score (nSPS) is 21.0. The highest BCUT2D eigenvalue weighted by atomic mass is 32.1. The molecule has 0 aliphatic carbocycles. The third kappa shape index (κ3) is 4.92. The number of ether oxygens (including phenoxy) is 1. The SMILES string of the molecule is CCOC(=O)N1CCC(NC(=O)CN2CCCCC2c2nc3ccccc3s2)CC1. The third-order valence-electron chi connectivity index (χ3n) is 5.94. The van der Waals surface area contributed by atoms with Crippen molar-refractivity contribution in [2.45, 2.75) is 51.1 Å². The molecule has 1 aromatic carbocycles. The Morgan fingerprint density at radius 2 is 1.97 bits per heavy atom. The Bertz CT molecular complexity index is 845. The largest absolute Gasteiger partial charge is 0.450 e. The summed E-state index contributed by atoms with van der Waals surface area (Å²) in [5, 5.41) is 4.30. The number of carbonyl (C=O) groups is 2. The van der Waals surface area contributed by atoms with E-state index in [1.807, 2.05) is 19.1 Å². The van der Waals surface area contributed by atoms with Crippen LogP contribution in [0.5, 0.6) is 0 Å². The zero-order chi connectivity index (χ0) is 20.9. The van der Waals surface area contributed by atoms with Gasteiger partial charge in [-0.25, -0.2) is 9.78 Å². The highest BCUT2D eigenvalue weighted by Gasteiger charge is 2.30. The first-order chi connectivity index (χ1) is 14.6. The first kappa shape index (κ1) is 21.1. The first-order valence-corrected chi connectivity index (χ1v) is 11.8. The number of likely N-dealkylation sites (tertiary alicyclic amines) is 2. The topological polar surface area (TPSA) is 74.8 Å². The van der Waals surface area contributed by atoms with Gasteiger partial charge in [-0.3, -0.25) is 9.69 Å². The van der Waals surface area contributed by atoms with Crippen LogP contribution in [0.2, 0.25) is 0 Å². The molecule has 1 unspecified atom stereocenters. The van der Waals surface area contributed by atoms with Crippen LogP contribution in [0.25, 0.3) is 10.2 Å². The molecular weight excluding hydrogens is 400 g/mol. The van der Waals surface area contributed by atoms with E-state index in [0.29, 0.717) is 26.2 Å². The lowest BCUT2D eigenvalue weighted by Gasteiger charge is -2.35. The highest BCUT2D eigenvalue weighted by molar-refractivity contribution is 7.18. The molecule has 4 rings (SSSR count). The molecule has 2 aliphatic rings. The second-order valence-corrected chi connectivity index (χ2v) is 9.09. The summed E-state index contributed by atoms with van der Waals surface area (Å²) < 4.78 is 6.27. The van der Waals surface area contributed by atoms with Gasteiger partial charge in [-0.15, -0.1) is 11.3 Å². The fourth-order valence-electron chi connectivity index (χ4n) is 4.37. The number of nitrogens with one attached hydrogen (secondary N) is 1. The molecule has 1 N–H and O–H groups in total. The maximum absolute atomic E-state index is 12.8. The van der Waals surface area contributed by atoms with Crippen molar-refractivity contribution in [2.24, 2.45) is 0 Å². The molecule has 7 nitrogen and oxygen atoms in total. The van der Waals surface area contributed by atoms with Gasteiger partial charge in [0, 0.05) is 19.1 Å². The number of hydrogen-bond donors (Lipinski definition) is 1. The van der Waals surface area contributed by atoms with E-state index in [-0.39, 0.29) is 24.1 Å². The van der Waals surface area contributed by atoms with Crippen LogP contribution in [-0.2, 0) is 9.53 Å². The van der Waals surface area contributed by atoms with E-state index in [4.69, 9.17) is 9.72 Å². The second-order valence-electron chi connectivity index (χ2n) is 8.03. The molecule has 2 amide bonds. The minimum atomic E-state index is -0.255. The van der Waals surface area contributed by atoms with Crippen LogP contribution in [-0.4, -0.2) is 65.6 Å². The average Bonchev–Trinajstić information content (AvgIpc) is 3.19. The van der Waals surface area contributed by atoms with Crippen molar-refractivity contribution in [1.82, 2.24) is 20.1 Å². The van der Waals surface area contributed by atoms with E-state index in [1.165, 1.54) is 11.1 Å². The maximum atomic E-state index is 12.8. The fourth-order valence-corrected chi connectivity index (χ4v) is 5.51. The van der Waals surface area contributed by atoms with Crippen LogP contribution in [0, 0.1) is 0 Å². The summed E-state index contributed by atoms with van der Waals surface area (Å²) in [6, 6.07) is 8.56. The molecule has 3 heterocycles. The van der Waals surface area contributed by atoms with Crippen LogP contribution in [0.15, 0.2) is 24.3 Å². The molecule has 0 bridgehead atoms. The molecular formula is C22H30N4O3S. The number of fused-ring (bicyclic) bond motifs is 1. The number of rotatable bonds is 5. The second kappa shape index (κ2) is 9.75. The number of amides is 2. The van der Waals surface area contributed by atoms with Gasteiger partial charge in [-0.05, 0) is 51.3 Å². The highest BCUT2D eigenvalue weighted by Crippen LogP contribution is 2.35. The minimum Gasteiger partial charge on any atom is -0.450 e. The molecule has 2 aromatic rings. The quantitative estimate of drug-likeness (QED) is 0.785. The zero-order valence-electron chi connectivity index (χ0n) is 17.5. The lowest BCUT2D eigenvalue weighted by Crippen LogP contribution is -2.49. The van der Waals surface area contributed by atoms with Crippen molar-refractivity contribution in [3.63, 3.8) is 0 Å². The molecule has 2 fully saturated rings. The molecule has 8 heteroatoms. The Balaban J connectivity index is 1.32. The Morgan fingerprint density at radius 1 is 1.17 bits per heavy atom. The van der Waals surface area contributed by atoms with Crippen LogP contribution >= 0.6 is 11.3 Å². The van der Waals surface area contributed by atoms with Gasteiger partial charge in [0.05, 0.1) is 29.4 Å². The van der Waals surface area contributed by atoms with Crippen LogP contribution < -0.4 is 5.32 Å². The standard InChI is InChI=1S/C22H30N4O3S/c1-2-29-22(28)25-13-10-16(11-14-25)23-20(27)15-26-12-6-5-8-18(26)21-24-17-7-3-4-9-19(17)30-21/h3-4,7,9,16,18H,2,5-6,8,10-15H2,1H3,(H,23,27). The van der Waals surface area contributed by atoms with Crippen molar-refractivity contribution < 1.29 is 14.3 Å². The van der Waals surface area contributed by atoms with Crippen molar-refractivity contribution >= 4 is 33.6 Å². The van der Waals surface area contributed by atoms with Crippen molar-refractivity contribution in [2.75, 3.05) is 32.8 Å². The summed E-state index contributed by atoms with van der Waals surface area (Å²) in [5.41, 5.74) is 1.04. The van der Waals surface area contributed by atoms with E-state index in [0.717, 1.165) is 42.8 Å². The Morgan fingerprint density at radius 3 is 2.73 bits per heavy atom. The summed E-state index contributed by atoms with van der Waals surface area (Å²) in [7, 11) is 0. The van der Waals surface area contributed by atoms with Gasteiger partial charge in [0.1, 0.15) is 5.01 Å². The van der Waals surface area contributed by atoms with Gasteiger partial charge in [-0.1, -0.05) is 18.6 Å². The third-order valence-corrected chi connectivity index (χ3v) is 7.08. The molecule has 1 aromatic heterocycles. The molecule has 2 saturated heterocycles. The summed E-state index contributed by atoms with van der Waals surface area (Å²) in [4.78, 5) is 33.5. The van der Waals surface area contributed by atoms with Crippen molar-refractivity contribution in [3.8, 4) is 0 Å². The van der Waals surface area contributed by atoms with Gasteiger partial charge in [0.25, 0.3) is 0 Å². The molecule has 0 saturated carbocycles. The minimum absolute atomic E-state index is 0.0672. The number of benzene rings is 1.